The number of aliphatic carboxylic acids is 1. The summed E-state index contributed by atoms with van der Waals surface area (Å²) in [7, 11) is 1.26. The first-order valence-corrected chi connectivity index (χ1v) is 7.91. The lowest BCUT2D eigenvalue weighted by Crippen LogP contribution is -2.32. The number of aromatic nitrogens is 2. The normalized spacial score (nSPS) is 11.6. The Morgan fingerprint density at radius 1 is 1.31 bits per heavy atom. The summed E-state index contributed by atoms with van der Waals surface area (Å²) in [6.45, 7) is -0.801. The van der Waals surface area contributed by atoms with Gasteiger partial charge in [-0.1, -0.05) is 6.07 Å². The van der Waals surface area contributed by atoms with E-state index < -0.39 is 47.2 Å². The summed E-state index contributed by atoms with van der Waals surface area (Å²) in [5.74, 6) is -3.34. The Labute approximate surface area is 159 Å². The van der Waals surface area contributed by atoms with E-state index in [4.69, 9.17) is 9.52 Å². The number of para-hydroxylation sites is 1. The number of rotatable bonds is 4. The van der Waals surface area contributed by atoms with Crippen LogP contribution < -0.4 is 10.9 Å². The van der Waals surface area contributed by atoms with E-state index in [1.807, 2.05) is 5.32 Å². The van der Waals surface area contributed by atoms with Crippen molar-refractivity contribution in [3.8, 4) is 17.0 Å². The highest BCUT2D eigenvalue weighted by atomic mass is 19.4. The van der Waals surface area contributed by atoms with Gasteiger partial charge in [-0.25, -0.2) is 4.79 Å². The first-order chi connectivity index (χ1) is 13.5. The van der Waals surface area contributed by atoms with Gasteiger partial charge in [0.05, 0.1) is 11.1 Å². The molecule has 0 saturated carbocycles. The van der Waals surface area contributed by atoms with E-state index in [-0.39, 0.29) is 22.2 Å². The van der Waals surface area contributed by atoms with Crippen LogP contribution in [0, 0.1) is 0 Å². The number of hydrogen-bond acceptors (Lipinski definition) is 6. The molecule has 2 aromatic heterocycles. The van der Waals surface area contributed by atoms with Crippen LogP contribution in [-0.2, 0) is 18.0 Å². The smallest absolute Gasteiger partial charge is 0.435 e. The van der Waals surface area contributed by atoms with E-state index in [1.165, 1.54) is 25.2 Å². The molecule has 0 spiro atoms. The molecule has 12 heteroatoms. The third-order valence-corrected chi connectivity index (χ3v) is 3.98. The van der Waals surface area contributed by atoms with Crippen molar-refractivity contribution in [2.75, 3.05) is 6.54 Å². The Hall–Kier alpha value is -3.83. The summed E-state index contributed by atoms with van der Waals surface area (Å²) < 4.78 is 44.8. The predicted molar refractivity (Wildman–Crippen MR) is 91.3 cm³/mol. The number of carboxylic acids is 1. The van der Waals surface area contributed by atoms with Gasteiger partial charge in [-0.3, -0.25) is 14.3 Å². The Bertz CT molecular complexity index is 1200. The first kappa shape index (κ1) is 19.9. The summed E-state index contributed by atoms with van der Waals surface area (Å²) in [5, 5.41) is 24.2. The van der Waals surface area contributed by atoms with Crippen LogP contribution in [0.15, 0.2) is 33.5 Å². The molecule has 0 aliphatic carbocycles. The number of carbonyl (C=O) groups excluding carboxylic acids is 1. The predicted octanol–water partition coefficient (Wildman–Crippen LogP) is 1.73. The monoisotopic (exact) mass is 411 g/mol. The molecule has 1 aromatic carbocycles. The number of hydrogen-bond donors (Lipinski definition) is 3. The SMILES string of the molecule is Cn1nc(C(F)(F)F)cc1-c1cccc2c(O)c(C(=O)NCC(=O)O)c(=O)oc12. The fourth-order valence-corrected chi connectivity index (χ4v) is 2.71. The van der Waals surface area contributed by atoms with Gasteiger partial charge < -0.3 is 19.9 Å². The van der Waals surface area contributed by atoms with Gasteiger partial charge in [-0.05, 0) is 18.2 Å². The van der Waals surface area contributed by atoms with Crippen molar-refractivity contribution in [2.45, 2.75) is 6.18 Å². The molecular weight excluding hydrogens is 399 g/mol. The zero-order chi connectivity index (χ0) is 21.5. The van der Waals surface area contributed by atoms with Crippen LogP contribution in [0.2, 0.25) is 0 Å². The van der Waals surface area contributed by atoms with E-state index >= 15 is 0 Å². The average Bonchev–Trinajstić information content (AvgIpc) is 3.01. The summed E-state index contributed by atoms with van der Waals surface area (Å²) >= 11 is 0. The molecule has 3 aromatic rings. The van der Waals surface area contributed by atoms with Crippen molar-refractivity contribution < 1.29 is 37.4 Å². The summed E-state index contributed by atoms with van der Waals surface area (Å²) in [4.78, 5) is 34.8. The lowest BCUT2D eigenvalue weighted by molar-refractivity contribution is -0.141. The van der Waals surface area contributed by atoms with Gasteiger partial charge in [0.2, 0.25) is 0 Å². The average molecular weight is 411 g/mol. The molecule has 9 nitrogen and oxygen atoms in total. The Balaban J connectivity index is 2.19. The Morgan fingerprint density at radius 3 is 2.59 bits per heavy atom. The molecule has 0 atom stereocenters. The van der Waals surface area contributed by atoms with Crippen LogP contribution in [0.5, 0.6) is 5.75 Å². The molecule has 2 heterocycles. The van der Waals surface area contributed by atoms with Crippen LogP contribution in [0.1, 0.15) is 16.1 Å². The highest BCUT2D eigenvalue weighted by Gasteiger charge is 2.35. The minimum atomic E-state index is -4.70. The second-order valence-corrected chi connectivity index (χ2v) is 5.91. The zero-order valence-electron chi connectivity index (χ0n) is 14.6. The van der Waals surface area contributed by atoms with E-state index in [0.717, 1.165) is 10.7 Å². The lowest BCUT2D eigenvalue weighted by Gasteiger charge is -2.09. The lowest BCUT2D eigenvalue weighted by atomic mass is 10.0. The second kappa shape index (κ2) is 6.96. The first-order valence-electron chi connectivity index (χ1n) is 7.91. The minimum absolute atomic E-state index is 0.0258. The van der Waals surface area contributed by atoms with Crippen LogP contribution in [0.4, 0.5) is 13.2 Å². The molecule has 1 amide bonds. The topological polar surface area (TPSA) is 135 Å². The van der Waals surface area contributed by atoms with Gasteiger partial charge in [0.25, 0.3) is 5.91 Å². The van der Waals surface area contributed by atoms with Crippen LogP contribution >= 0.6 is 0 Å². The number of nitrogens with zero attached hydrogens (tertiary/aromatic N) is 2. The quantitative estimate of drug-likeness (QED) is 0.557. The van der Waals surface area contributed by atoms with Crippen molar-refractivity contribution >= 4 is 22.8 Å². The van der Waals surface area contributed by atoms with Crippen LogP contribution in [0.3, 0.4) is 0 Å². The van der Waals surface area contributed by atoms with Crippen molar-refractivity contribution in [1.82, 2.24) is 15.1 Å². The fourth-order valence-electron chi connectivity index (χ4n) is 2.71. The van der Waals surface area contributed by atoms with Gasteiger partial charge in [0.15, 0.2) is 16.8 Å². The number of nitrogens with one attached hydrogen (secondary N) is 1. The molecule has 3 rings (SSSR count). The molecular formula is C17H12F3N3O6. The molecule has 152 valence electrons. The number of carbonyl (C=O) groups is 2. The highest BCUT2D eigenvalue weighted by molar-refractivity contribution is 6.04. The van der Waals surface area contributed by atoms with E-state index in [0.29, 0.717) is 0 Å². The maximum atomic E-state index is 12.9. The third-order valence-electron chi connectivity index (χ3n) is 3.98. The number of aromatic hydroxyl groups is 1. The van der Waals surface area contributed by atoms with E-state index in [1.54, 1.807) is 0 Å². The summed E-state index contributed by atoms with van der Waals surface area (Å²) in [6.07, 6.45) is -4.70. The molecule has 0 aliphatic heterocycles. The van der Waals surface area contributed by atoms with Gasteiger partial charge in [-0.2, -0.15) is 18.3 Å². The number of amides is 1. The van der Waals surface area contributed by atoms with Crippen molar-refractivity contribution in [2.24, 2.45) is 7.05 Å². The largest absolute Gasteiger partial charge is 0.506 e. The van der Waals surface area contributed by atoms with Crippen molar-refractivity contribution in [3.63, 3.8) is 0 Å². The van der Waals surface area contributed by atoms with Crippen molar-refractivity contribution in [1.29, 1.82) is 0 Å². The molecule has 29 heavy (non-hydrogen) atoms. The molecule has 0 aliphatic rings. The third kappa shape index (κ3) is 3.63. The molecule has 0 unspecified atom stereocenters. The number of halogens is 3. The van der Waals surface area contributed by atoms with E-state index in [9.17, 15) is 32.7 Å². The number of carboxylic acid groups (broad SMARTS) is 1. The minimum Gasteiger partial charge on any atom is -0.506 e. The molecule has 3 N–H and O–H groups in total. The second-order valence-electron chi connectivity index (χ2n) is 5.91. The molecule has 0 fully saturated rings. The fraction of sp³-hybridized carbons (Fsp3) is 0.176. The van der Waals surface area contributed by atoms with E-state index in [2.05, 4.69) is 5.10 Å². The van der Waals surface area contributed by atoms with Crippen LogP contribution in [-0.4, -0.2) is 38.4 Å². The highest BCUT2D eigenvalue weighted by Crippen LogP contribution is 2.36. The number of fused-ring (bicyclic) bond motifs is 1. The van der Waals surface area contributed by atoms with Gasteiger partial charge in [0, 0.05) is 12.6 Å². The maximum Gasteiger partial charge on any atom is 0.435 e. The zero-order valence-corrected chi connectivity index (χ0v) is 14.6. The Kier molecular flexibility index (Phi) is 4.78. The number of alkyl halides is 3. The standard InChI is InChI=1S/C17H12F3N3O6/c1-23-9(5-10(22-23)17(18,19)20)7-3-2-4-8-13(26)12(16(28)29-14(7)8)15(27)21-6-11(24)25/h2-5,26H,6H2,1H3,(H,21,27)(H,24,25). The van der Waals surface area contributed by atoms with Gasteiger partial charge in [-0.15, -0.1) is 0 Å². The Morgan fingerprint density at radius 2 is 2.00 bits per heavy atom. The molecule has 0 radical (unpaired) electrons. The van der Waals surface area contributed by atoms with Crippen LogP contribution in [0.25, 0.3) is 22.2 Å². The molecule has 0 saturated heterocycles. The van der Waals surface area contributed by atoms with Crippen molar-refractivity contribution in [3.05, 3.63) is 45.9 Å². The summed E-state index contributed by atoms with van der Waals surface area (Å²) in [6, 6.07) is 4.76. The molecule has 0 bridgehead atoms. The van der Waals surface area contributed by atoms with Gasteiger partial charge >= 0.3 is 17.8 Å². The number of benzene rings is 1. The summed E-state index contributed by atoms with van der Waals surface area (Å²) in [5.41, 5.74) is -3.56. The number of aryl methyl sites for hydroxylation is 1. The maximum absolute atomic E-state index is 12.9. The van der Waals surface area contributed by atoms with Gasteiger partial charge in [0.1, 0.15) is 12.3 Å².